The molecule has 3 rings (SSSR count). The first-order chi connectivity index (χ1) is 13.4. The third kappa shape index (κ3) is 4.93. The lowest BCUT2D eigenvalue weighted by molar-refractivity contribution is 0.0696. The summed E-state index contributed by atoms with van der Waals surface area (Å²) in [7, 11) is 0. The number of benzene rings is 3. The third-order valence-corrected chi connectivity index (χ3v) is 5.06. The van der Waals surface area contributed by atoms with E-state index in [1.54, 1.807) is 12.1 Å². The molecule has 0 radical (unpaired) electrons. The Balaban J connectivity index is 1.75. The Morgan fingerprint density at radius 2 is 1.82 bits per heavy atom. The van der Waals surface area contributed by atoms with Crippen LogP contribution in [0.3, 0.4) is 0 Å². The van der Waals surface area contributed by atoms with Crippen LogP contribution in [0.25, 0.3) is 0 Å². The maximum absolute atomic E-state index is 11.3. The number of anilines is 1. The summed E-state index contributed by atoms with van der Waals surface area (Å²) < 4.78 is 7.00. The van der Waals surface area contributed by atoms with E-state index in [1.807, 2.05) is 31.2 Å². The van der Waals surface area contributed by atoms with Crippen LogP contribution in [0.4, 0.5) is 5.69 Å². The van der Waals surface area contributed by atoms with Gasteiger partial charge in [-0.15, -0.1) is 0 Å². The molecule has 144 valence electrons. The van der Waals surface area contributed by atoms with Crippen molar-refractivity contribution in [1.82, 2.24) is 0 Å². The molecule has 0 heterocycles. The predicted octanol–water partition coefficient (Wildman–Crippen LogP) is 5.96. The van der Waals surface area contributed by atoms with Crippen molar-refractivity contribution in [2.45, 2.75) is 27.0 Å². The molecule has 0 unspecified atom stereocenters. The van der Waals surface area contributed by atoms with Crippen LogP contribution in [-0.4, -0.2) is 11.1 Å². The summed E-state index contributed by atoms with van der Waals surface area (Å²) >= 11 is 3.51. The fourth-order valence-electron chi connectivity index (χ4n) is 2.92. The first kappa shape index (κ1) is 20.0. The van der Waals surface area contributed by atoms with Gasteiger partial charge in [0.25, 0.3) is 0 Å². The third-order valence-electron chi connectivity index (χ3n) is 4.57. The molecule has 0 spiro atoms. The van der Waals surface area contributed by atoms with E-state index >= 15 is 0 Å². The summed E-state index contributed by atoms with van der Waals surface area (Å²) in [6, 6.07) is 19.4. The molecule has 0 aliphatic heterocycles. The number of carbonyl (C=O) groups is 1. The molecular weight excluding hydrogens is 418 g/mol. The minimum absolute atomic E-state index is 0.301. The zero-order chi connectivity index (χ0) is 20.1. The largest absolute Gasteiger partial charge is 0.489 e. The van der Waals surface area contributed by atoms with Crippen molar-refractivity contribution < 1.29 is 14.6 Å². The van der Waals surface area contributed by atoms with Gasteiger partial charge in [-0.1, -0.05) is 51.8 Å². The van der Waals surface area contributed by atoms with Crippen LogP contribution in [-0.2, 0) is 13.2 Å². The van der Waals surface area contributed by atoms with Gasteiger partial charge >= 0.3 is 5.97 Å². The van der Waals surface area contributed by atoms with Gasteiger partial charge < -0.3 is 15.2 Å². The van der Waals surface area contributed by atoms with E-state index in [9.17, 15) is 9.90 Å². The van der Waals surface area contributed by atoms with Gasteiger partial charge in [-0.25, -0.2) is 4.79 Å². The highest BCUT2D eigenvalue weighted by molar-refractivity contribution is 9.10. The van der Waals surface area contributed by atoms with E-state index in [4.69, 9.17) is 4.74 Å². The fourth-order valence-corrected chi connectivity index (χ4v) is 3.33. The molecule has 4 nitrogen and oxygen atoms in total. The van der Waals surface area contributed by atoms with Gasteiger partial charge in [0, 0.05) is 22.3 Å². The summed E-state index contributed by atoms with van der Waals surface area (Å²) in [5.74, 6) is -0.131. The van der Waals surface area contributed by atoms with Crippen LogP contribution in [0.15, 0.2) is 65.1 Å². The van der Waals surface area contributed by atoms with Gasteiger partial charge in [0.2, 0.25) is 0 Å². The summed E-state index contributed by atoms with van der Waals surface area (Å²) in [6.45, 7) is 4.88. The van der Waals surface area contributed by atoms with E-state index in [2.05, 4.69) is 52.4 Å². The Morgan fingerprint density at radius 3 is 2.54 bits per heavy atom. The second-order valence-electron chi connectivity index (χ2n) is 6.66. The van der Waals surface area contributed by atoms with E-state index in [-0.39, 0.29) is 0 Å². The Hall–Kier alpha value is -2.79. The number of ether oxygens (including phenoxy) is 1. The standard InChI is InChI=1S/C23H22BrNO3/c1-15-6-8-17(9-7-15)14-28-22-11-10-19(24)12-18(22)13-25-21-5-3-4-20(16(21)2)23(26)27/h3-12,25H,13-14H2,1-2H3,(H,26,27). The minimum atomic E-state index is -0.925. The molecular formula is C23H22BrNO3. The van der Waals surface area contributed by atoms with Gasteiger partial charge in [-0.05, 0) is 55.3 Å². The highest BCUT2D eigenvalue weighted by Crippen LogP contribution is 2.26. The molecule has 3 aromatic rings. The monoisotopic (exact) mass is 439 g/mol. The van der Waals surface area contributed by atoms with Crippen molar-refractivity contribution >= 4 is 27.6 Å². The second-order valence-corrected chi connectivity index (χ2v) is 7.58. The van der Waals surface area contributed by atoms with Crippen molar-refractivity contribution in [3.63, 3.8) is 0 Å². The fraction of sp³-hybridized carbons (Fsp3) is 0.174. The van der Waals surface area contributed by atoms with Gasteiger partial charge in [-0.2, -0.15) is 0 Å². The maximum atomic E-state index is 11.3. The van der Waals surface area contributed by atoms with Crippen molar-refractivity contribution in [2.75, 3.05) is 5.32 Å². The smallest absolute Gasteiger partial charge is 0.336 e. The first-order valence-electron chi connectivity index (χ1n) is 8.97. The van der Waals surface area contributed by atoms with Crippen LogP contribution < -0.4 is 10.1 Å². The Kier molecular flexibility index (Phi) is 6.37. The molecule has 28 heavy (non-hydrogen) atoms. The van der Waals surface area contributed by atoms with Crippen molar-refractivity contribution in [3.05, 3.63) is 93.0 Å². The number of aryl methyl sites for hydroxylation is 1. The Morgan fingerprint density at radius 1 is 1.07 bits per heavy atom. The number of aromatic carboxylic acids is 1. The lowest BCUT2D eigenvalue weighted by Crippen LogP contribution is -2.07. The van der Waals surface area contributed by atoms with E-state index in [0.29, 0.717) is 24.3 Å². The molecule has 0 saturated carbocycles. The molecule has 3 aromatic carbocycles. The molecule has 2 N–H and O–H groups in total. The van der Waals surface area contributed by atoms with Crippen LogP contribution in [0.5, 0.6) is 5.75 Å². The average molecular weight is 440 g/mol. The topological polar surface area (TPSA) is 58.6 Å². The summed E-state index contributed by atoms with van der Waals surface area (Å²) in [6.07, 6.45) is 0. The minimum Gasteiger partial charge on any atom is -0.489 e. The average Bonchev–Trinajstić information content (AvgIpc) is 2.67. The van der Waals surface area contributed by atoms with Gasteiger partial charge in [0.05, 0.1) is 5.56 Å². The van der Waals surface area contributed by atoms with E-state index in [1.165, 1.54) is 5.56 Å². The molecule has 0 bridgehead atoms. The number of rotatable bonds is 7. The molecule has 0 amide bonds. The SMILES string of the molecule is Cc1ccc(COc2ccc(Br)cc2CNc2cccc(C(=O)O)c2C)cc1. The first-order valence-corrected chi connectivity index (χ1v) is 9.77. The molecule has 5 heteroatoms. The number of hydrogen-bond acceptors (Lipinski definition) is 3. The second kappa shape index (κ2) is 8.93. The molecule has 0 saturated heterocycles. The van der Waals surface area contributed by atoms with Gasteiger partial charge in [0.1, 0.15) is 12.4 Å². The Bertz CT molecular complexity index is 984. The summed E-state index contributed by atoms with van der Waals surface area (Å²) in [5.41, 5.74) is 5.13. The van der Waals surface area contributed by atoms with E-state index in [0.717, 1.165) is 27.0 Å². The lowest BCUT2D eigenvalue weighted by Gasteiger charge is -2.15. The number of nitrogens with one attached hydrogen (secondary N) is 1. The quantitative estimate of drug-likeness (QED) is 0.476. The number of hydrogen-bond donors (Lipinski definition) is 2. The van der Waals surface area contributed by atoms with Crippen molar-refractivity contribution in [2.24, 2.45) is 0 Å². The molecule has 0 fully saturated rings. The van der Waals surface area contributed by atoms with Crippen molar-refractivity contribution in [3.8, 4) is 5.75 Å². The van der Waals surface area contributed by atoms with Gasteiger partial charge in [0.15, 0.2) is 0 Å². The molecule has 0 aromatic heterocycles. The van der Waals surface area contributed by atoms with Gasteiger partial charge in [-0.3, -0.25) is 0 Å². The predicted molar refractivity (Wildman–Crippen MR) is 115 cm³/mol. The highest BCUT2D eigenvalue weighted by Gasteiger charge is 2.11. The number of carboxylic acids is 1. The van der Waals surface area contributed by atoms with Crippen molar-refractivity contribution in [1.29, 1.82) is 0 Å². The zero-order valence-electron chi connectivity index (χ0n) is 15.8. The zero-order valence-corrected chi connectivity index (χ0v) is 17.4. The van der Waals surface area contributed by atoms with Crippen LogP contribution in [0.1, 0.15) is 32.6 Å². The number of carboxylic acid groups (broad SMARTS) is 1. The highest BCUT2D eigenvalue weighted by atomic mass is 79.9. The van der Waals surface area contributed by atoms with Crippen LogP contribution in [0, 0.1) is 13.8 Å². The van der Waals surface area contributed by atoms with E-state index < -0.39 is 5.97 Å². The molecule has 0 atom stereocenters. The normalized spacial score (nSPS) is 10.5. The molecule has 0 aliphatic carbocycles. The lowest BCUT2D eigenvalue weighted by atomic mass is 10.1. The summed E-state index contributed by atoms with van der Waals surface area (Å²) in [4.78, 5) is 11.3. The van der Waals surface area contributed by atoms with Crippen LogP contribution >= 0.6 is 15.9 Å². The maximum Gasteiger partial charge on any atom is 0.336 e. The van der Waals surface area contributed by atoms with Crippen LogP contribution in [0.2, 0.25) is 0 Å². The summed E-state index contributed by atoms with van der Waals surface area (Å²) in [5, 5.41) is 12.6. The Labute approximate surface area is 173 Å². The number of halogens is 1. The molecule has 0 aliphatic rings.